The molecule has 0 aliphatic carbocycles. The van der Waals surface area contributed by atoms with Gasteiger partial charge in [0.15, 0.2) is 5.69 Å². The molecule has 0 saturated heterocycles. The summed E-state index contributed by atoms with van der Waals surface area (Å²) in [7, 11) is -8.13. The van der Waals surface area contributed by atoms with Gasteiger partial charge in [0.05, 0.1) is 23.4 Å². The third-order valence-corrected chi connectivity index (χ3v) is 9.40. The number of hydrogen-bond acceptors (Lipinski definition) is 11. The zero-order chi connectivity index (χ0) is 33.3. The van der Waals surface area contributed by atoms with Gasteiger partial charge in [-0.1, -0.05) is 24.3 Å². The van der Waals surface area contributed by atoms with E-state index in [9.17, 15) is 30.7 Å². The Morgan fingerprint density at radius 2 is 1.64 bits per heavy atom. The van der Waals surface area contributed by atoms with E-state index in [0.717, 1.165) is 11.6 Å². The van der Waals surface area contributed by atoms with Crippen molar-refractivity contribution in [3.8, 4) is 27.9 Å². The van der Waals surface area contributed by atoms with Crippen molar-refractivity contribution in [2.45, 2.75) is 16.4 Å². The van der Waals surface area contributed by atoms with Gasteiger partial charge in [-0.15, -0.1) is 16.5 Å². The highest BCUT2D eigenvalue weighted by atomic mass is 32.2. The lowest BCUT2D eigenvalue weighted by Gasteiger charge is -2.07. The SMILES string of the molecule is COc1ccc(-c2csc(-n3[nH]c(COc4ccccc4)c(N=Nc4ccc5c(S(=O)(=O)O)cc(S(=O)(=O)O)cc5c4)c3=O)n2)cc1. The lowest BCUT2D eigenvalue weighted by molar-refractivity contribution is 0.301. The molecule has 0 aliphatic rings. The number of nitrogens with one attached hydrogen (secondary N) is 1. The second kappa shape index (κ2) is 12.5. The summed E-state index contributed by atoms with van der Waals surface area (Å²) in [5, 5.41) is 13.4. The highest BCUT2D eigenvalue weighted by molar-refractivity contribution is 7.86. The van der Waals surface area contributed by atoms with Crippen molar-refractivity contribution in [2.75, 3.05) is 7.11 Å². The summed E-state index contributed by atoms with van der Waals surface area (Å²) >= 11 is 1.22. The number of hydrogen-bond donors (Lipinski definition) is 3. The van der Waals surface area contributed by atoms with Crippen LogP contribution in [-0.4, -0.2) is 47.8 Å². The van der Waals surface area contributed by atoms with E-state index in [1.54, 1.807) is 48.9 Å². The summed E-state index contributed by atoms with van der Waals surface area (Å²) in [6.07, 6.45) is 0. The van der Waals surface area contributed by atoms with Crippen LogP contribution < -0.4 is 15.0 Å². The van der Waals surface area contributed by atoms with Crippen LogP contribution >= 0.6 is 11.3 Å². The van der Waals surface area contributed by atoms with Crippen LogP contribution in [0.25, 0.3) is 27.2 Å². The number of H-pyrrole nitrogens is 1. The van der Waals surface area contributed by atoms with E-state index >= 15 is 0 Å². The fraction of sp³-hybridized carbons (Fsp3) is 0.0667. The van der Waals surface area contributed by atoms with Crippen molar-refractivity contribution in [2.24, 2.45) is 10.2 Å². The molecular weight excluding hydrogens is 671 g/mol. The van der Waals surface area contributed by atoms with E-state index in [0.29, 0.717) is 28.4 Å². The van der Waals surface area contributed by atoms with E-state index in [-0.39, 0.29) is 34.4 Å². The summed E-state index contributed by atoms with van der Waals surface area (Å²) < 4.78 is 79.0. The van der Waals surface area contributed by atoms with Crippen molar-refractivity contribution >= 4 is 53.7 Å². The Hall–Kier alpha value is -5.20. The molecule has 3 N–H and O–H groups in total. The van der Waals surface area contributed by atoms with Gasteiger partial charge in [0, 0.05) is 16.3 Å². The molecule has 47 heavy (non-hydrogen) atoms. The van der Waals surface area contributed by atoms with Crippen molar-refractivity contribution in [3.05, 3.63) is 106 Å². The van der Waals surface area contributed by atoms with Gasteiger partial charge in [-0.05, 0) is 66.0 Å². The monoisotopic (exact) mass is 693 g/mol. The minimum atomic E-state index is -4.87. The molecule has 0 saturated carbocycles. The number of benzene rings is 4. The number of thiazole rings is 1. The fourth-order valence-electron chi connectivity index (χ4n) is 4.57. The van der Waals surface area contributed by atoms with Gasteiger partial charge in [-0.25, -0.2) is 4.98 Å². The van der Waals surface area contributed by atoms with Crippen molar-refractivity contribution in [1.29, 1.82) is 0 Å². The molecule has 0 atom stereocenters. The molecular formula is C30H23N5O9S3. The van der Waals surface area contributed by atoms with Gasteiger partial charge in [-0.3, -0.25) is 19.0 Å². The Balaban J connectivity index is 1.40. The predicted octanol–water partition coefficient (Wildman–Crippen LogP) is 5.94. The maximum Gasteiger partial charge on any atom is 0.301 e. The highest BCUT2D eigenvalue weighted by Gasteiger charge is 2.21. The van der Waals surface area contributed by atoms with Gasteiger partial charge in [-0.2, -0.15) is 26.6 Å². The molecule has 14 nitrogen and oxygen atoms in total. The molecule has 0 fully saturated rings. The number of methoxy groups -OCH3 is 1. The largest absolute Gasteiger partial charge is 0.497 e. The van der Waals surface area contributed by atoms with Crippen LogP contribution in [0.15, 0.2) is 115 Å². The molecule has 0 bridgehead atoms. The number of azo groups is 1. The summed E-state index contributed by atoms with van der Waals surface area (Å²) in [6, 6.07) is 21.8. The standard InChI is InChI=1S/C30H23N5O9S3/c1-43-21-10-7-18(8-11-21)26-17-45-30(31-26)35-29(36)28(25(34-35)16-44-22-5-3-2-4-6-22)33-32-20-9-12-24-19(13-20)14-23(46(37,38)39)15-27(24)47(40,41)42/h2-15,17,34H,16H2,1H3,(H,37,38,39)(H,40,41,42). The molecule has 17 heteroatoms. The summed E-state index contributed by atoms with van der Waals surface area (Å²) in [5.74, 6) is 1.23. The first kappa shape index (κ1) is 31.8. The average molecular weight is 694 g/mol. The maximum absolute atomic E-state index is 13.7. The molecule has 0 unspecified atom stereocenters. The number of para-hydroxylation sites is 1. The zero-order valence-corrected chi connectivity index (χ0v) is 26.6. The number of ether oxygens (including phenoxy) is 2. The van der Waals surface area contributed by atoms with Crippen molar-refractivity contribution in [1.82, 2.24) is 14.8 Å². The molecule has 4 aromatic carbocycles. The average Bonchev–Trinajstić information content (AvgIpc) is 3.66. The van der Waals surface area contributed by atoms with Gasteiger partial charge in [0.2, 0.25) is 5.13 Å². The minimum Gasteiger partial charge on any atom is -0.497 e. The number of aromatic nitrogens is 3. The minimum absolute atomic E-state index is 0.0113. The zero-order valence-electron chi connectivity index (χ0n) is 24.1. The molecule has 0 amide bonds. The van der Waals surface area contributed by atoms with Crippen molar-refractivity contribution in [3.63, 3.8) is 0 Å². The maximum atomic E-state index is 13.7. The van der Waals surface area contributed by atoms with Crippen molar-refractivity contribution < 1.29 is 35.4 Å². The number of nitrogens with zero attached hydrogens (tertiary/aromatic N) is 4. The lowest BCUT2D eigenvalue weighted by Crippen LogP contribution is -2.13. The normalized spacial score (nSPS) is 12.1. The quantitative estimate of drug-likeness (QED) is 0.114. The van der Waals surface area contributed by atoms with Crippen LogP contribution in [0.3, 0.4) is 0 Å². The van der Waals surface area contributed by atoms with E-state index in [2.05, 4.69) is 20.3 Å². The summed E-state index contributed by atoms with van der Waals surface area (Å²) in [6.45, 7) is -0.0928. The summed E-state index contributed by atoms with van der Waals surface area (Å²) in [4.78, 5) is 16.8. The Labute approximate surface area is 271 Å². The van der Waals surface area contributed by atoms with Crippen LogP contribution in [-0.2, 0) is 26.8 Å². The third kappa shape index (κ3) is 6.83. The molecule has 6 aromatic rings. The van der Waals surface area contributed by atoms with Gasteiger partial charge < -0.3 is 9.47 Å². The fourth-order valence-corrected chi connectivity index (χ4v) is 6.72. The van der Waals surface area contributed by atoms with Gasteiger partial charge >= 0.3 is 5.56 Å². The van der Waals surface area contributed by atoms with Crippen LogP contribution in [0, 0.1) is 0 Å². The summed E-state index contributed by atoms with van der Waals surface area (Å²) in [5.41, 5.74) is 1.12. The van der Waals surface area contributed by atoms with Crippen LogP contribution in [0.4, 0.5) is 11.4 Å². The second-order valence-corrected chi connectivity index (χ2v) is 13.6. The molecule has 0 radical (unpaired) electrons. The molecule has 2 heterocycles. The predicted molar refractivity (Wildman–Crippen MR) is 173 cm³/mol. The number of aromatic amines is 1. The highest BCUT2D eigenvalue weighted by Crippen LogP contribution is 2.32. The Morgan fingerprint density at radius 3 is 2.32 bits per heavy atom. The van der Waals surface area contributed by atoms with E-state index in [4.69, 9.17) is 9.47 Å². The topological polar surface area (TPSA) is 203 Å². The van der Waals surface area contributed by atoms with Crippen LogP contribution in [0.1, 0.15) is 5.69 Å². The number of fused-ring (bicyclic) bond motifs is 1. The number of rotatable bonds is 10. The van der Waals surface area contributed by atoms with E-state index < -0.39 is 35.6 Å². The molecule has 2 aromatic heterocycles. The second-order valence-electron chi connectivity index (χ2n) is 9.90. The molecule has 240 valence electrons. The Bertz CT molecular complexity index is 2420. The van der Waals surface area contributed by atoms with E-state index in [1.807, 2.05) is 18.2 Å². The first-order valence-corrected chi connectivity index (χ1v) is 17.2. The van der Waals surface area contributed by atoms with Crippen LogP contribution in [0.2, 0.25) is 0 Å². The molecule has 0 spiro atoms. The van der Waals surface area contributed by atoms with E-state index in [1.165, 1.54) is 34.2 Å². The first-order valence-electron chi connectivity index (χ1n) is 13.5. The first-order chi connectivity index (χ1) is 22.4. The molecule has 6 rings (SSSR count). The smallest absolute Gasteiger partial charge is 0.301 e. The third-order valence-electron chi connectivity index (χ3n) is 6.85. The van der Waals surface area contributed by atoms with Crippen LogP contribution in [0.5, 0.6) is 11.5 Å². The Kier molecular flexibility index (Phi) is 8.47. The molecule has 0 aliphatic heterocycles. The Morgan fingerprint density at radius 1 is 0.894 bits per heavy atom. The lowest BCUT2D eigenvalue weighted by atomic mass is 10.1. The van der Waals surface area contributed by atoms with Gasteiger partial charge in [0.1, 0.15) is 28.7 Å². The van der Waals surface area contributed by atoms with Gasteiger partial charge in [0.25, 0.3) is 20.2 Å².